The van der Waals surface area contributed by atoms with Crippen LogP contribution in [0.2, 0.25) is 0 Å². The summed E-state index contributed by atoms with van der Waals surface area (Å²) in [5.74, 6) is 0.919. The first-order valence-corrected chi connectivity index (χ1v) is 5.84. The van der Waals surface area contributed by atoms with E-state index < -0.39 is 0 Å². The zero-order valence-electron chi connectivity index (χ0n) is 10.7. The topological polar surface area (TPSA) is 101 Å². The summed E-state index contributed by atoms with van der Waals surface area (Å²) < 4.78 is 5.45. The van der Waals surface area contributed by atoms with E-state index in [-0.39, 0.29) is 34.5 Å². The molecule has 2 rings (SSSR count). The van der Waals surface area contributed by atoms with Crippen molar-refractivity contribution < 1.29 is 9.84 Å². The average Bonchev–Trinajstić information content (AvgIpc) is 2.34. The maximum Gasteiger partial charge on any atom is 0.254 e. The van der Waals surface area contributed by atoms with Gasteiger partial charge < -0.3 is 20.6 Å². The van der Waals surface area contributed by atoms with Crippen LogP contribution in [0.15, 0.2) is 29.1 Å². The van der Waals surface area contributed by atoms with Gasteiger partial charge in [-0.2, -0.15) is 4.98 Å². The molecule has 0 fully saturated rings. The number of nitrogen functional groups attached to an aromatic ring is 1. The molecule has 0 aliphatic carbocycles. The maximum absolute atomic E-state index is 11.5. The fourth-order valence-corrected chi connectivity index (χ4v) is 1.51. The quantitative estimate of drug-likeness (QED) is 0.579. The number of nitrogens with one attached hydrogen (secondary N) is 1. The van der Waals surface area contributed by atoms with E-state index in [9.17, 15) is 9.90 Å². The smallest absolute Gasteiger partial charge is 0.254 e. The van der Waals surface area contributed by atoms with E-state index in [1.54, 1.807) is 12.1 Å². The van der Waals surface area contributed by atoms with Gasteiger partial charge in [0.1, 0.15) is 17.3 Å². The predicted molar refractivity (Wildman–Crippen MR) is 71.5 cm³/mol. The Morgan fingerprint density at radius 3 is 2.84 bits per heavy atom. The number of aromatic hydroxyl groups is 1. The van der Waals surface area contributed by atoms with Gasteiger partial charge in [0.2, 0.25) is 5.88 Å². The van der Waals surface area contributed by atoms with Crippen LogP contribution in [-0.4, -0.2) is 15.1 Å². The first-order chi connectivity index (χ1) is 8.97. The van der Waals surface area contributed by atoms with Crippen LogP contribution < -0.4 is 16.0 Å². The number of para-hydroxylation sites is 1. The molecule has 0 saturated heterocycles. The van der Waals surface area contributed by atoms with Gasteiger partial charge >= 0.3 is 0 Å². The Balaban J connectivity index is 2.38. The van der Waals surface area contributed by atoms with E-state index >= 15 is 0 Å². The summed E-state index contributed by atoms with van der Waals surface area (Å²) in [6.45, 7) is 3.81. The lowest BCUT2D eigenvalue weighted by atomic mass is 10.2. The van der Waals surface area contributed by atoms with Crippen molar-refractivity contribution in [3.63, 3.8) is 0 Å². The minimum Gasteiger partial charge on any atom is -0.506 e. The van der Waals surface area contributed by atoms with Crippen LogP contribution >= 0.6 is 0 Å². The van der Waals surface area contributed by atoms with Gasteiger partial charge in [0, 0.05) is 5.92 Å². The monoisotopic (exact) mass is 261 g/mol. The summed E-state index contributed by atoms with van der Waals surface area (Å²) in [7, 11) is 0. The maximum atomic E-state index is 11.5. The number of aromatic amines is 1. The first kappa shape index (κ1) is 12.9. The molecule has 2 aromatic rings. The van der Waals surface area contributed by atoms with Gasteiger partial charge in [-0.15, -0.1) is 0 Å². The third kappa shape index (κ3) is 2.85. The molecule has 0 atom stereocenters. The Hall–Kier alpha value is -2.50. The number of nitrogens with zero attached hydrogens (tertiary/aromatic N) is 1. The summed E-state index contributed by atoms with van der Waals surface area (Å²) >= 11 is 0. The number of rotatable bonds is 3. The molecule has 0 aliphatic rings. The third-order valence-electron chi connectivity index (χ3n) is 2.54. The summed E-state index contributed by atoms with van der Waals surface area (Å²) in [5, 5.41) is 9.48. The second-order valence-corrected chi connectivity index (χ2v) is 4.41. The average molecular weight is 261 g/mol. The SMILES string of the molecule is CC(C)c1nc(Oc2cccc(O)c2N)cc(=O)[nH]1. The molecule has 6 nitrogen and oxygen atoms in total. The highest BCUT2D eigenvalue weighted by Gasteiger charge is 2.10. The van der Waals surface area contributed by atoms with Crippen molar-refractivity contribution in [2.24, 2.45) is 0 Å². The molecule has 100 valence electrons. The molecule has 0 spiro atoms. The van der Waals surface area contributed by atoms with E-state index in [0.29, 0.717) is 5.82 Å². The number of ether oxygens (including phenoxy) is 1. The lowest BCUT2D eigenvalue weighted by Gasteiger charge is -2.10. The molecule has 0 bridgehead atoms. The van der Waals surface area contributed by atoms with E-state index in [2.05, 4.69) is 9.97 Å². The highest BCUT2D eigenvalue weighted by Crippen LogP contribution is 2.32. The number of phenolic OH excluding ortho intramolecular Hbond substituents is 1. The van der Waals surface area contributed by atoms with Crippen LogP contribution in [0, 0.1) is 0 Å². The van der Waals surface area contributed by atoms with Crippen molar-refractivity contribution in [3.05, 3.63) is 40.4 Å². The summed E-state index contributed by atoms with van der Waals surface area (Å²) in [4.78, 5) is 18.3. The molecule has 19 heavy (non-hydrogen) atoms. The van der Waals surface area contributed by atoms with Gasteiger partial charge in [0.15, 0.2) is 5.75 Å². The van der Waals surface area contributed by atoms with E-state index in [0.717, 1.165) is 0 Å². The zero-order chi connectivity index (χ0) is 14.0. The van der Waals surface area contributed by atoms with Crippen molar-refractivity contribution >= 4 is 5.69 Å². The molecular formula is C13H15N3O3. The largest absolute Gasteiger partial charge is 0.506 e. The van der Waals surface area contributed by atoms with Crippen LogP contribution in [0.25, 0.3) is 0 Å². The molecule has 1 aromatic carbocycles. The molecular weight excluding hydrogens is 246 g/mol. The number of benzene rings is 1. The number of H-pyrrole nitrogens is 1. The molecule has 0 radical (unpaired) electrons. The highest BCUT2D eigenvalue weighted by atomic mass is 16.5. The Kier molecular flexibility index (Phi) is 3.41. The van der Waals surface area contributed by atoms with Crippen LogP contribution in [-0.2, 0) is 0 Å². The van der Waals surface area contributed by atoms with Gasteiger partial charge in [-0.05, 0) is 12.1 Å². The molecule has 4 N–H and O–H groups in total. The Morgan fingerprint density at radius 2 is 2.16 bits per heavy atom. The molecule has 1 heterocycles. The number of aromatic nitrogens is 2. The van der Waals surface area contributed by atoms with E-state index in [4.69, 9.17) is 10.5 Å². The molecule has 1 aromatic heterocycles. The second-order valence-electron chi connectivity index (χ2n) is 4.41. The van der Waals surface area contributed by atoms with Gasteiger partial charge in [0.05, 0.1) is 6.07 Å². The Labute approximate surface area is 109 Å². The van der Waals surface area contributed by atoms with Crippen molar-refractivity contribution in [2.45, 2.75) is 19.8 Å². The highest BCUT2D eigenvalue weighted by molar-refractivity contribution is 5.62. The van der Waals surface area contributed by atoms with Crippen molar-refractivity contribution in [1.82, 2.24) is 9.97 Å². The van der Waals surface area contributed by atoms with Crippen LogP contribution in [0.3, 0.4) is 0 Å². The van der Waals surface area contributed by atoms with Crippen molar-refractivity contribution in [3.8, 4) is 17.4 Å². The summed E-state index contributed by atoms with van der Waals surface area (Å²) in [5.41, 5.74) is 5.49. The van der Waals surface area contributed by atoms with Gasteiger partial charge in [-0.25, -0.2) is 0 Å². The second kappa shape index (κ2) is 5.01. The lowest BCUT2D eigenvalue weighted by Crippen LogP contribution is -2.12. The number of phenols is 1. The minimum absolute atomic E-state index is 0.0674. The zero-order valence-corrected chi connectivity index (χ0v) is 10.7. The Morgan fingerprint density at radius 1 is 1.42 bits per heavy atom. The summed E-state index contributed by atoms with van der Waals surface area (Å²) in [6.07, 6.45) is 0. The molecule has 0 saturated carbocycles. The van der Waals surface area contributed by atoms with Crippen molar-refractivity contribution in [2.75, 3.05) is 5.73 Å². The molecule has 0 amide bonds. The molecule has 0 aliphatic heterocycles. The number of nitrogens with two attached hydrogens (primary N) is 1. The standard InChI is InChI=1S/C13H15N3O3/c1-7(2)13-15-10(18)6-11(16-13)19-9-5-3-4-8(17)12(9)14/h3-7,17H,14H2,1-2H3,(H,15,16,18). The van der Waals surface area contributed by atoms with Crippen LogP contribution in [0.4, 0.5) is 5.69 Å². The normalized spacial score (nSPS) is 10.7. The fraction of sp³-hybridized carbons (Fsp3) is 0.231. The van der Waals surface area contributed by atoms with Crippen LogP contribution in [0.5, 0.6) is 17.4 Å². The molecule has 0 unspecified atom stereocenters. The number of hydrogen-bond donors (Lipinski definition) is 3. The van der Waals surface area contributed by atoms with E-state index in [1.807, 2.05) is 13.8 Å². The number of hydrogen-bond acceptors (Lipinski definition) is 5. The van der Waals surface area contributed by atoms with Gasteiger partial charge in [-0.3, -0.25) is 4.79 Å². The van der Waals surface area contributed by atoms with E-state index in [1.165, 1.54) is 12.1 Å². The first-order valence-electron chi connectivity index (χ1n) is 5.84. The molecule has 6 heteroatoms. The Bertz CT molecular complexity index is 650. The van der Waals surface area contributed by atoms with Crippen molar-refractivity contribution in [1.29, 1.82) is 0 Å². The number of anilines is 1. The third-order valence-corrected chi connectivity index (χ3v) is 2.54. The van der Waals surface area contributed by atoms with Crippen LogP contribution in [0.1, 0.15) is 25.6 Å². The van der Waals surface area contributed by atoms with Gasteiger partial charge in [0.25, 0.3) is 5.56 Å². The summed E-state index contributed by atoms with van der Waals surface area (Å²) in [6, 6.07) is 5.87. The lowest BCUT2D eigenvalue weighted by molar-refractivity contribution is 0.445. The predicted octanol–water partition coefficient (Wildman–Crippen LogP) is 1.97. The fourth-order valence-electron chi connectivity index (χ4n) is 1.51. The minimum atomic E-state index is -0.299. The van der Waals surface area contributed by atoms with Gasteiger partial charge in [-0.1, -0.05) is 19.9 Å².